The molecule has 3 heteroatoms. The average Bonchev–Trinajstić information content (AvgIpc) is 2.74. The van der Waals surface area contributed by atoms with Crippen molar-refractivity contribution in [2.24, 2.45) is 0 Å². The average molecular weight is 160 g/mol. The summed E-state index contributed by atoms with van der Waals surface area (Å²) in [6.45, 7) is 0. The second-order valence-corrected chi connectivity index (χ2v) is 2.40. The van der Waals surface area contributed by atoms with Crippen molar-refractivity contribution in [2.75, 3.05) is 0 Å². The molecule has 0 aliphatic rings. The summed E-state index contributed by atoms with van der Waals surface area (Å²) in [5.74, 6) is 0. The zero-order chi connectivity index (χ0) is 8.23. The van der Waals surface area contributed by atoms with Crippen LogP contribution >= 0.6 is 0 Å². The fraction of sp³-hybridized carbons (Fsp3) is 0. The first-order valence-electron chi connectivity index (χ1n) is 3.65. The third-order valence-corrected chi connectivity index (χ3v) is 1.52. The molecule has 3 nitrogen and oxygen atoms in total. The Balaban J connectivity index is 2.14. The molecule has 0 atom stereocenters. The molecule has 0 bridgehead atoms. The first kappa shape index (κ1) is 6.91. The summed E-state index contributed by atoms with van der Waals surface area (Å²) in [7, 11) is 0. The predicted molar refractivity (Wildman–Crippen MR) is 46.2 cm³/mol. The van der Waals surface area contributed by atoms with Crippen molar-refractivity contribution >= 4 is 12.2 Å². The maximum atomic E-state index is 4.91. The van der Waals surface area contributed by atoms with E-state index in [4.69, 9.17) is 4.42 Å². The quantitative estimate of drug-likeness (QED) is 0.731. The third kappa shape index (κ3) is 1.45. The number of nitrogens with one attached hydrogen (secondary N) is 1. The van der Waals surface area contributed by atoms with E-state index in [0.717, 1.165) is 11.3 Å². The summed E-state index contributed by atoms with van der Waals surface area (Å²) in [4.78, 5) is 0. The molecular weight excluding hydrogens is 152 g/mol. The van der Waals surface area contributed by atoms with Gasteiger partial charge in [0.25, 0.3) is 0 Å². The maximum Gasteiger partial charge on any atom is 0.0974 e. The number of nitrogens with zero attached hydrogens (tertiary/aromatic N) is 1. The van der Waals surface area contributed by atoms with Crippen molar-refractivity contribution in [3.8, 4) is 0 Å². The fourth-order valence-corrected chi connectivity index (χ4v) is 0.915. The molecule has 0 fully saturated rings. The van der Waals surface area contributed by atoms with Crippen LogP contribution in [0.15, 0.2) is 35.3 Å². The fourth-order valence-electron chi connectivity index (χ4n) is 0.915. The lowest BCUT2D eigenvalue weighted by molar-refractivity contribution is 0.567. The second-order valence-electron chi connectivity index (χ2n) is 2.40. The largest absolute Gasteiger partial charge is 0.472 e. The zero-order valence-corrected chi connectivity index (χ0v) is 6.40. The van der Waals surface area contributed by atoms with Crippen LogP contribution in [-0.2, 0) is 0 Å². The van der Waals surface area contributed by atoms with Crippen molar-refractivity contribution in [3.63, 3.8) is 0 Å². The molecular formula is C9H8N2O. The molecule has 0 aliphatic carbocycles. The van der Waals surface area contributed by atoms with Gasteiger partial charge in [-0.15, -0.1) is 0 Å². The van der Waals surface area contributed by atoms with E-state index in [0.29, 0.717) is 0 Å². The monoisotopic (exact) mass is 160 g/mol. The summed E-state index contributed by atoms with van der Waals surface area (Å²) >= 11 is 0. The van der Waals surface area contributed by atoms with E-state index in [9.17, 15) is 0 Å². The van der Waals surface area contributed by atoms with E-state index in [2.05, 4.69) is 10.2 Å². The van der Waals surface area contributed by atoms with Gasteiger partial charge in [-0.25, -0.2) is 0 Å². The van der Waals surface area contributed by atoms with Gasteiger partial charge in [-0.3, -0.25) is 5.10 Å². The Labute approximate surface area is 69.7 Å². The summed E-state index contributed by atoms with van der Waals surface area (Å²) in [6, 6.07) is 3.80. The molecule has 0 saturated heterocycles. The molecule has 2 rings (SSSR count). The summed E-state index contributed by atoms with van der Waals surface area (Å²) < 4.78 is 4.91. The maximum absolute atomic E-state index is 4.91. The molecule has 0 saturated carbocycles. The van der Waals surface area contributed by atoms with Gasteiger partial charge >= 0.3 is 0 Å². The third-order valence-electron chi connectivity index (χ3n) is 1.52. The molecule has 0 aromatic carbocycles. The minimum atomic E-state index is 0.983. The van der Waals surface area contributed by atoms with Crippen LogP contribution in [0.5, 0.6) is 0 Å². The first-order chi connectivity index (χ1) is 5.95. The van der Waals surface area contributed by atoms with Gasteiger partial charge in [-0.05, 0) is 24.3 Å². The van der Waals surface area contributed by atoms with E-state index in [1.54, 1.807) is 18.7 Å². The van der Waals surface area contributed by atoms with Crippen LogP contribution in [0, 0.1) is 0 Å². The van der Waals surface area contributed by atoms with Crippen molar-refractivity contribution in [1.82, 2.24) is 10.2 Å². The van der Waals surface area contributed by atoms with Crippen molar-refractivity contribution in [1.29, 1.82) is 0 Å². The molecule has 0 spiro atoms. The Hall–Kier alpha value is -1.77. The van der Waals surface area contributed by atoms with Gasteiger partial charge in [0.05, 0.1) is 18.2 Å². The van der Waals surface area contributed by atoms with E-state index in [1.807, 2.05) is 24.3 Å². The highest BCUT2D eigenvalue weighted by molar-refractivity contribution is 5.66. The predicted octanol–water partition coefficient (Wildman–Crippen LogP) is 2.17. The number of rotatable bonds is 2. The summed E-state index contributed by atoms with van der Waals surface area (Å²) in [5.41, 5.74) is 2.03. The molecule has 0 radical (unpaired) electrons. The molecule has 2 aromatic heterocycles. The number of aromatic amines is 1. The summed E-state index contributed by atoms with van der Waals surface area (Å²) in [5, 5.41) is 6.65. The van der Waals surface area contributed by atoms with Crippen molar-refractivity contribution in [3.05, 3.63) is 42.1 Å². The lowest BCUT2D eigenvalue weighted by Crippen LogP contribution is -1.69. The van der Waals surface area contributed by atoms with Crippen LogP contribution in [-0.4, -0.2) is 10.2 Å². The Morgan fingerprint density at radius 3 is 3.00 bits per heavy atom. The zero-order valence-electron chi connectivity index (χ0n) is 6.40. The standard InChI is InChI=1S/C9H8N2O/c1(8-4-6-12-7-8)2-9-3-5-10-11-9/h1-7H,(H,10,11)/b2-1+. The molecule has 2 aromatic rings. The summed E-state index contributed by atoms with van der Waals surface area (Å²) in [6.07, 6.45) is 8.95. The van der Waals surface area contributed by atoms with Gasteiger partial charge in [0.15, 0.2) is 0 Å². The van der Waals surface area contributed by atoms with Crippen LogP contribution in [0.2, 0.25) is 0 Å². The molecule has 60 valence electrons. The topological polar surface area (TPSA) is 41.8 Å². The molecule has 12 heavy (non-hydrogen) atoms. The SMILES string of the molecule is C(=C\c1ccn[nH]1)/c1ccoc1. The van der Waals surface area contributed by atoms with E-state index >= 15 is 0 Å². The molecule has 2 heterocycles. The van der Waals surface area contributed by atoms with Gasteiger partial charge in [0, 0.05) is 11.8 Å². The van der Waals surface area contributed by atoms with Crippen LogP contribution in [0.25, 0.3) is 12.2 Å². The molecule has 1 N–H and O–H groups in total. The highest BCUT2D eigenvalue weighted by Crippen LogP contribution is 2.05. The van der Waals surface area contributed by atoms with E-state index in [-0.39, 0.29) is 0 Å². The lowest BCUT2D eigenvalue weighted by Gasteiger charge is -1.81. The second kappa shape index (κ2) is 3.09. The normalized spacial score (nSPS) is 11.0. The minimum absolute atomic E-state index is 0.983. The number of furan rings is 1. The highest BCUT2D eigenvalue weighted by atomic mass is 16.3. The molecule has 0 amide bonds. The van der Waals surface area contributed by atoms with E-state index < -0.39 is 0 Å². The molecule has 0 unspecified atom stereocenters. The van der Waals surface area contributed by atoms with Crippen LogP contribution in [0.3, 0.4) is 0 Å². The van der Waals surface area contributed by atoms with Gasteiger partial charge in [0.2, 0.25) is 0 Å². The number of hydrogen-bond donors (Lipinski definition) is 1. The van der Waals surface area contributed by atoms with Gasteiger partial charge in [-0.2, -0.15) is 5.10 Å². The highest BCUT2D eigenvalue weighted by Gasteiger charge is 1.87. The Bertz CT molecular complexity index is 310. The van der Waals surface area contributed by atoms with Crippen LogP contribution < -0.4 is 0 Å². The Morgan fingerprint density at radius 2 is 2.33 bits per heavy atom. The molecule has 0 aliphatic heterocycles. The lowest BCUT2D eigenvalue weighted by atomic mass is 10.3. The van der Waals surface area contributed by atoms with Crippen LogP contribution in [0.1, 0.15) is 11.3 Å². The Morgan fingerprint density at radius 1 is 1.33 bits per heavy atom. The number of H-pyrrole nitrogens is 1. The van der Waals surface area contributed by atoms with Gasteiger partial charge in [-0.1, -0.05) is 0 Å². The Kier molecular flexibility index (Phi) is 1.78. The van der Waals surface area contributed by atoms with Crippen molar-refractivity contribution < 1.29 is 4.42 Å². The van der Waals surface area contributed by atoms with Gasteiger partial charge < -0.3 is 4.42 Å². The first-order valence-corrected chi connectivity index (χ1v) is 3.65. The smallest absolute Gasteiger partial charge is 0.0974 e. The van der Waals surface area contributed by atoms with Crippen molar-refractivity contribution in [2.45, 2.75) is 0 Å². The number of aromatic nitrogens is 2. The van der Waals surface area contributed by atoms with Crippen LogP contribution in [0.4, 0.5) is 0 Å². The van der Waals surface area contributed by atoms with Gasteiger partial charge in [0.1, 0.15) is 0 Å². The minimum Gasteiger partial charge on any atom is -0.472 e. The van der Waals surface area contributed by atoms with E-state index in [1.165, 1.54) is 0 Å². The number of hydrogen-bond acceptors (Lipinski definition) is 2.